The predicted molar refractivity (Wildman–Crippen MR) is 38.7 cm³/mol. The molecule has 0 aromatic heterocycles. The Kier molecular flexibility index (Phi) is 2.41. The van der Waals surface area contributed by atoms with E-state index < -0.39 is 12.1 Å². The molecule has 0 amide bonds. The van der Waals surface area contributed by atoms with Crippen LogP contribution in [0.3, 0.4) is 0 Å². The summed E-state index contributed by atoms with van der Waals surface area (Å²) in [5.74, 6) is -0.176. The van der Waals surface area contributed by atoms with E-state index in [2.05, 4.69) is 0 Å². The van der Waals surface area contributed by atoms with Gasteiger partial charge in [-0.1, -0.05) is 6.08 Å². The number of halogens is 1. The summed E-state index contributed by atoms with van der Waals surface area (Å²) in [5, 5.41) is 0. The number of hydrogen-bond donors (Lipinski definition) is 0. The van der Waals surface area contributed by atoms with E-state index in [9.17, 15) is 9.18 Å². The fourth-order valence-electron chi connectivity index (χ4n) is 0.892. The van der Waals surface area contributed by atoms with Crippen molar-refractivity contribution in [3.05, 3.63) is 24.0 Å². The second kappa shape index (κ2) is 3.32. The minimum absolute atomic E-state index is 0.468. The van der Waals surface area contributed by atoms with E-state index in [0.29, 0.717) is 12.0 Å². The van der Waals surface area contributed by atoms with E-state index in [1.165, 1.54) is 19.3 Å². The molecule has 1 aliphatic rings. The molecule has 0 radical (unpaired) electrons. The molecule has 2 atom stereocenters. The van der Waals surface area contributed by atoms with Crippen LogP contribution in [0.1, 0.15) is 0 Å². The fourth-order valence-corrected chi connectivity index (χ4v) is 0.892. The SMILES string of the molecule is COC1=CC(F)C(C=O)C=C1. The van der Waals surface area contributed by atoms with Gasteiger partial charge in [0.2, 0.25) is 0 Å². The Morgan fingerprint density at radius 2 is 2.45 bits per heavy atom. The minimum Gasteiger partial charge on any atom is -0.497 e. The number of carbonyl (C=O) groups excluding carboxylic acids is 1. The molecule has 1 rings (SSSR count). The zero-order valence-electron chi connectivity index (χ0n) is 6.16. The van der Waals surface area contributed by atoms with Crippen LogP contribution < -0.4 is 0 Å². The normalized spacial score (nSPS) is 29.5. The number of ether oxygens (including phenoxy) is 1. The molecule has 0 saturated carbocycles. The van der Waals surface area contributed by atoms with Gasteiger partial charge in [0.1, 0.15) is 18.2 Å². The number of methoxy groups -OCH3 is 1. The van der Waals surface area contributed by atoms with Crippen LogP contribution in [0.25, 0.3) is 0 Å². The average molecular weight is 156 g/mol. The molecular formula is C8H9FO2. The Morgan fingerprint density at radius 3 is 2.91 bits per heavy atom. The van der Waals surface area contributed by atoms with Crippen molar-refractivity contribution in [1.82, 2.24) is 0 Å². The van der Waals surface area contributed by atoms with Gasteiger partial charge < -0.3 is 9.53 Å². The first-order valence-corrected chi connectivity index (χ1v) is 3.31. The molecule has 1 aliphatic carbocycles. The first-order valence-electron chi connectivity index (χ1n) is 3.31. The standard InChI is InChI=1S/C8H9FO2/c1-11-7-3-2-6(5-10)8(9)4-7/h2-6,8H,1H3. The summed E-state index contributed by atoms with van der Waals surface area (Å²) in [6.07, 6.45) is 3.72. The molecular weight excluding hydrogens is 147 g/mol. The second-order valence-electron chi connectivity index (χ2n) is 2.29. The van der Waals surface area contributed by atoms with Gasteiger partial charge in [-0.2, -0.15) is 0 Å². The van der Waals surface area contributed by atoms with Crippen molar-refractivity contribution in [3.63, 3.8) is 0 Å². The van der Waals surface area contributed by atoms with Crippen LogP contribution in [0.4, 0.5) is 4.39 Å². The third-order valence-electron chi connectivity index (χ3n) is 1.57. The highest BCUT2D eigenvalue weighted by molar-refractivity contribution is 5.59. The first kappa shape index (κ1) is 7.98. The van der Waals surface area contributed by atoms with Crippen molar-refractivity contribution < 1.29 is 13.9 Å². The summed E-state index contributed by atoms with van der Waals surface area (Å²) < 4.78 is 17.6. The Balaban J connectivity index is 2.70. The van der Waals surface area contributed by atoms with E-state index in [0.717, 1.165) is 0 Å². The van der Waals surface area contributed by atoms with Crippen LogP contribution in [0.15, 0.2) is 24.0 Å². The molecule has 2 unspecified atom stereocenters. The van der Waals surface area contributed by atoms with Gasteiger partial charge in [0, 0.05) is 0 Å². The minimum atomic E-state index is -1.24. The molecule has 0 spiro atoms. The smallest absolute Gasteiger partial charge is 0.135 e. The van der Waals surface area contributed by atoms with Gasteiger partial charge in [0.25, 0.3) is 0 Å². The predicted octanol–water partition coefficient (Wildman–Crippen LogP) is 1.24. The van der Waals surface area contributed by atoms with Gasteiger partial charge in [-0.15, -0.1) is 0 Å². The van der Waals surface area contributed by atoms with Gasteiger partial charge in [0.05, 0.1) is 13.0 Å². The van der Waals surface area contributed by atoms with Crippen molar-refractivity contribution in [3.8, 4) is 0 Å². The molecule has 0 aromatic rings. The number of rotatable bonds is 2. The molecule has 2 nitrogen and oxygen atoms in total. The molecule has 3 heteroatoms. The Labute approximate surface area is 64.3 Å². The lowest BCUT2D eigenvalue weighted by Crippen LogP contribution is -2.16. The Morgan fingerprint density at radius 1 is 1.73 bits per heavy atom. The maximum absolute atomic E-state index is 12.8. The third-order valence-corrected chi connectivity index (χ3v) is 1.57. The Bertz CT molecular complexity index is 208. The monoisotopic (exact) mass is 156 g/mol. The highest BCUT2D eigenvalue weighted by atomic mass is 19.1. The molecule has 0 aromatic carbocycles. The fraction of sp³-hybridized carbons (Fsp3) is 0.375. The Hall–Kier alpha value is -1.12. The molecule has 0 fully saturated rings. The molecule has 11 heavy (non-hydrogen) atoms. The molecule has 0 bridgehead atoms. The van der Waals surface area contributed by atoms with Crippen LogP contribution in [0.5, 0.6) is 0 Å². The van der Waals surface area contributed by atoms with Crippen LogP contribution in [-0.2, 0) is 9.53 Å². The van der Waals surface area contributed by atoms with E-state index in [1.54, 1.807) is 6.08 Å². The summed E-state index contributed by atoms with van der Waals surface area (Å²) in [6.45, 7) is 0. The van der Waals surface area contributed by atoms with Crippen LogP contribution in [0, 0.1) is 5.92 Å². The van der Waals surface area contributed by atoms with Crippen molar-refractivity contribution in [2.24, 2.45) is 5.92 Å². The lowest BCUT2D eigenvalue weighted by molar-refractivity contribution is -0.110. The molecule has 0 aliphatic heterocycles. The van der Waals surface area contributed by atoms with E-state index in [-0.39, 0.29) is 0 Å². The van der Waals surface area contributed by atoms with Crippen molar-refractivity contribution in [2.75, 3.05) is 7.11 Å². The first-order chi connectivity index (χ1) is 5.27. The number of alkyl halides is 1. The van der Waals surface area contributed by atoms with Gasteiger partial charge in [-0.05, 0) is 12.2 Å². The zero-order chi connectivity index (χ0) is 8.27. The number of hydrogen-bond acceptors (Lipinski definition) is 2. The zero-order valence-corrected chi connectivity index (χ0v) is 6.16. The summed E-state index contributed by atoms with van der Waals surface area (Å²) in [6, 6.07) is 0. The lowest BCUT2D eigenvalue weighted by atomic mass is 10.00. The highest BCUT2D eigenvalue weighted by Crippen LogP contribution is 2.18. The number of aldehydes is 1. The van der Waals surface area contributed by atoms with E-state index >= 15 is 0 Å². The van der Waals surface area contributed by atoms with Gasteiger partial charge in [-0.3, -0.25) is 0 Å². The summed E-state index contributed by atoms with van der Waals surface area (Å²) in [5.41, 5.74) is 0. The van der Waals surface area contributed by atoms with Gasteiger partial charge in [-0.25, -0.2) is 4.39 Å². The largest absolute Gasteiger partial charge is 0.497 e. The molecule has 0 saturated heterocycles. The highest BCUT2D eigenvalue weighted by Gasteiger charge is 2.19. The second-order valence-corrected chi connectivity index (χ2v) is 2.29. The molecule has 60 valence electrons. The molecule has 0 N–H and O–H groups in total. The van der Waals surface area contributed by atoms with Crippen molar-refractivity contribution in [1.29, 1.82) is 0 Å². The number of allylic oxidation sites excluding steroid dienone is 3. The topological polar surface area (TPSA) is 26.3 Å². The quantitative estimate of drug-likeness (QED) is 0.562. The van der Waals surface area contributed by atoms with E-state index in [1.807, 2.05) is 0 Å². The van der Waals surface area contributed by atoms with E-state index in [4.69, 9.17) is 4.74 Å². The van der Waals surface area contributed by atoms with Gasteiger partial charge in [0.15, 0.2) is 0 Å². The van der Waals surface area contributed by atoms with Crippen LogP contribution in [0.2, 0.25) is 0 Å². The number of carbonyl (C=O) groups is 1. The molecule has 0 heterocycles. The van der Waals surface area contributed by atoms with Crippen molar-refractivity contribution in [2.45, 2.75) is 6.17 Å². The summed E-state index contributed by atoms with van der Waals surface area (Å²) in [4.78, 5) is 10.2. The average Bonchev–Trinajstić information content (AvgIpc) is 2.04. The summed E-state index contributed by atoms with van der Waals surface area (Å²) in [7, 11) is 1.46. The maximum Gasteiger partial charge on any atom is 0.135 e. The third kappa shape index (κ3) is 1.67. The lowest BCUT2D eigenvalue weighted by Gasteiger charge is -2.13. The van der Waals surface area contributed by atoms with Crippen molar-refractivity contribution >= 4 is 6.29 Å². The van der Waals surface area contributed by atoms with Gasteiger partial charge >= 0.3 is 0 Å². The summed E-state index contributed by atoms with van der Waals surface area (Å²) >= 11 is 0. The van der Waals surface area contributed by atoms with Crippen LogP contribution in [-0.4, -0.2) is 19.6 Å². The van der Waals surface area contributed by atoms with Crippen LogP contribution >= 0.6 is 0 Å². The maximum atomic E-state index is 12.8.